The molecule has 100 valence electrons. The number of hydrogen-bond donors (Lipinski definition) is 3. The lowest BCUT2D eigenvalue weighted by atomic mass is 10.2. The smallest absolute Gasteiger partial charge is 0.323 e. The number of anilines is 2. The highest BCUT2D eigenvalue weighted by Gasteiger charge is 2.08. The number of nitrogens with one attached hydrogen (secondary N) is 2. The van der Waals surface area contributed by atoms with Crippen molar-refractivity contribution in [2.45, 2.75) is 0 Å². The van der Waals surface area contributed by atoms with E-state index in [9.17, 15) is 9.90 Å². The maximum absolute atomic E-state index is 11.8. The molecule has 0 saturated carbocycles. The van der Waals surface area contributed by atoms with Gasteiger partial charge in [-0.05, 0) is 46.3 Å². The number of hydrogen-bond acceptors (Lipinski definition) is 3. The second-order valence-electron chi connectivity index (χ2n) is 3.90. The molecule has 0 heterocycles. The minimum Gasteiger partial charge on any atom is -0.506 e. The zero-order valence-corrected chi connectivity index (χ0v) is 11.8. The third-order valence-corrected chi connectivity index (χ3v) is 3.19. The highest BCUT2D eigenvalue weighted by Crippen LogP contribution is 2.25. The van der Waals surface area contributed by atoms with E-state index < -0.39 is 6.03 Å². The Morgan fingerprint density at radius 2 is 1.85 bits per heavy atom. The van der Waals surface area contributed by atoms with Crippen molar-refractivity contribution < 1.29 is 9.90 Å². The van der Waals surface area contributed by atoms with Gasteiger partial charge in [0.2, 0.25) is 0 Å². The summed E-state index contributed by atoms with van der Waals surface area (Å²) in [6.07, 6.45) is 0. The van der Waals surface area contributed by atoms with Crippen molar-refractivity contribution in [3.8, 4) is 11.8 Å². The zero-order valence-electron chi connectivity index (χ0n) is 10.2. The van der Waals surface area contributed by atoms with Gasteiger partial charge in [0.15, 0.2) is 0 Å². The molecule has 0 saturated heterocycles. The number of aromatic hydroxyl groups is 1. The molecule has 20 heavy (non-hydrogen) atoms. The van der Waals surface area contributed by atoms with Crippen LogP contribution in [0.15, 0.2) is 46.9 Å². The minimum atomic E-state index is -0.489. The average Bonchev–Trinajstić information content (AvgIpc) is 2.43. The van der Waals surface area contributed by atoms with Gasteiger partial charge in [0.1, 0.15) is 5.75 Å². The topological polar surface area (TPSA) is 85.2 Å². The van der Waals surface area contributed by atoms with Crippen LogP contribution in [0.1, 0.15) is 5.56 Å². The molecule has 2 aromatic carbocycles. The Labute approximate surface area is 124 Å². The first kappa shape index (κ1) is 13.9. The van der Waals surface area contributed by atoms with Gasteiger partial charge in [-0.1, -0.05) is 12.1 Å². The summed E-state index contributed by atoms with van der Waals surface area (Å²) in [5.41, 5.74) is 1.16. The fraction of sp³-hybridized carbons (Fsp3) is 0. The molecule has 0 aliphatic rings. The van der Waals surface area contributed by atoms with Crippen LogP contribution in [0.4, 0.5) is 16.2 Å². The summed E-state index contributed by atoms with van der Waals surface area (Å²) >= 11 is 3.32. The molecule has 3 N–H and O–H groups in total. The number of carbonyl (C=O) groups is 1. The normalized spacial score (nSPS) is 9.60. The number of benzene rings is 2. The molecule has 0 spiro atoms. The van der Waals surface area contributed by atoms with E-state index in [0.29, 0.717) is 11.3 Å². The predicted octanol–water partition coefficient (Wildman–Crippen LogP) is 3.67. The summed E-state index contributed by atoms with van der Waals surface area (Å²) < 4.78 is 0.749. The lowest BCUT2D eigenvalue weighted by molar-refractivity contribution is 0.262. The van der Waals surface area contributed by atoms with Gasteiger partial charge in [0, 0.05) is 4.47 Å². The first-order valence-corrected chi connectivity index (χ1v) is 6.45. The van der Waals surface area contributed by atoms with Crippen molar-refractivity contribution in [3.63, 3.8) is 0 Å². The number of phenols is 1. The van der Waals surface area contributed by atoms with Gasteiger partial charge in [-0.2, -0.15) is 5.26 Å². The highest BCUT2D eigenvalue weighted by molar-refractivity contribution is 9.10. The standard InChI is InChI=1S/C14H10BrN3O2/c15-10-3-1-2-4-11(10)17-14(20)18-12-6-5-9(8-16)7-13(12)19/h1-7,19H,(H2,17,18,20). The van der Waals surface area contributed by atoms with E-state index in [1.54, 1.807) is 18.2 Å². The second-order valence-corrected chi connectivity index (χ2v) is 4.76. The molecule has 6 heteroatoms. The predicted molar refractivity (Wildman–Crippen MR) is 79.6 cm³/mol. The number of phenolic OH excluding ortho intramolecular Hbond substituents is 1. The monoisotopic (exact) mass is 331 g/mol. The molecule has 0 aliphatic heterocycles. The molecular formula is C14H10BrN3O2. The van der Waals surface area contributed by atoms with Crippen LogP contribution in [0.5, 0.6) is 5.75 Å². The molecule has 0 aliphatic carbocycles. The molecule has 2 rings (SSSR count). The largest absolute Gasteiger partial charge is 0.506 e. The first-order valence-electron chi connectivity index (χ1n) is 5.66. The fourth-order valence-corrected chi connectivity index (χ4v) is 1.93. The lowest BCUT2D eigenvalue weighted by Crippen LogP contribution is -2.19. The maximum atomic E-state index is 11.8. The van der Waals surface area contributed by atoms with Crippen LogP contribution in [0.2, 0.25) is 0 Å². The summed E-state index contributed by atoms with van der Waals surface area (Å²) in [5.74, 6) is -0.161. The summed E-state index contributed by atoms with van der Waals surface area (Å²) in [6, 6.07) is 12.8. The Kier molecular flexibility index (Phi) is 4.23. The van der Waals surface area contributed by atoms with Gasteiger partial charge in [0.05, 0.1) is 23.0 Å². The molecule has 0 aromatic heterocycles. The quantitative estimate of drug-likeness (QED) is 0.734. The Morgan fingerprint density at radius 1 is 1.15 bits per heavy atom. The number of amides is 2. The number of halogens is 1. The van der Waals surface area contributed by atoms with Crippen LogP contribution < -0.4 is 10.6 Å². The van der Waals surface area contributed by atoms with Crippen LogP contribution in [0.25, 0.3) is 0 Å². The van der Waals surface area contributed by atoms with Gasteiger partial charge in [-0.25, -0.2) is 4.79 Å². The fourth-order valence-electron chi connectivity index (χ4n) is 1.55. The Bertz CT molecular complexity index is 695. The van der Waals surface area contributed by atoms with Crippen molar-refractivity contribution in [2.75, 3.05) is 10.6 Å². The van der Waals surface area contributed by atoms with Crippen molar-refractivity contribution in [3.05, 3.63) is 52.5 Å². The molecule has 2 aromatic rings. The van der Waals surface area contributed by atoms with Crippen molar-refractivity contribution >= 4 is 33.3 Å². The molecule has 0 unspecified atom stereocenters. The third kappa shape index (κ3) is 3.28. The number of para-hydroxylation sites is 1. The number of urea groups is 1. The van der Waals surface area contributed by atoms with E-state index in [4.69, 9.17) is 5.26 Å². The first-order chi connectivity index (χ1) is 9.60. The highest BCUT2D eigenvalue weighted by atomic mass is 79.9. The molecule has 0 atom stereocenters. The molecule has 0 bridgehead atoms. The Balaban J connectivity index is 2.09. The van der Waals surface area contributed by atoms with Gasteiger partial charge < -0.3 is 15.7 Å². The van der Waals surface area contributed by atoms with Gasteiger partial charge in [-0.15, -0.1) is 0 Å². The number of nitriles is 1. The summed E-state index contributed by atoms with van der Waals surface area (Å²) in [4.78, 5) is 11.8. The average molecular weight is 332 g/mol. The summed E-state index contributed by atoms with van der Waals surface area (Å²) in [6.45, 7) is 0. The van der Waals surface area contributed by atoms with Gasteiger partial charge >= 0.3 is 6.03 Å². The molecule has 5 nitrogen and oxygen atoms in total. The number of carbonyl (C=O) groups excluding carboxylic acids is 1. The lowest BCUT2D eigenvalue weighted by Gasteiger charge is -2.10. The maximum Gasteiger partial charge on any atom is 0.323 e. The zero-order chi connectivity index (χ0) is 14.5. The van der Waals surface area contributed by atoms with Crippen LogP contribution in [-0.4, -0.2) is 11.1 Å². The van der Waals surface area contributed by atoms with Crippen molar-refractivity contribution in [1.29, 1.82) is 5.26 Å². The molecule has 2 amide bonds. The van der Waals surface area contributed by atoms with E-state index in [2.05, 4.69) is 26.6 Å². The van der Waals surface area contributed by atoms with E-state index in [1.807, 2.05) is 12.1 Å². The molecule has 0 fully saturated rings. The third-order valence-electron chi connectivity index (χ3n) is 2.50. The summed E-state index contributed by atoms with van der Waals surface area (Å²) in [7, 11) is 0. The van der Waals surface area contributed by atoms with Gasteiger partial charge in [0.25, 0.3) is 0 Å². The van der Waals surface area contributed by atoms with Crippen molar-refractivity contribution in [2.24, 2.45) is 0 Å². The van der Waals surface area contributed by atoms with Crippen LogP contribution in [-0.2, 0) is 0 Å². The van der Waals surface area contributed by atoms with Crippen molar-refractivity contribution in [1.82, 2.24) is 0 Å². The summed E-state index contributed by atoms with van der Waals surface area (Å²) in [5, 5.41) is 23.5. The van der Waals surface area contributed by atoms with E-state index >= 15 is 0 Å². The van der Waals surface area contributed by atoms with Gasteiger partial charge in [-0.3, -0.25) is 0 Å². The number of nitrogens with zero attached hydrogens (tertiary/aromatic N) is 1. The van der Waals surface area contributed by atoms with E-state index in [-0.39, 0.29) is 11.4 Å². The van der Waals surface area contributed by atoms with Crippen LogP contribution in [0.3, 0.4) is 0 Å². The van der Waals surface area contributed by atoms with Crippen LogP contribution in [0, 0.1) is 11.3 Å². The Morgan fingerprint density at radius 3 is 2.50 bits per heavy atom. The van der Waals surface area contributed by atoms with E-state index in [1.165, 1.54) is 18.2 Å². The second kappa shape index (κ2) is 6.08. The molecular weight excluding hydrogens is 322 g/mol. The molecule has 0 radical (unpaired) electrons. The van der Waals surface area contributed by atoms with E-state index in [0.717, 1.165) is 4.47 Å². The SMILES string of the molecule is N#Cc1ccc(NC(=O)Nc2ccccc2Br)c(O)c1. The van der Waals surface area contributed by atoms with Crippen LogP contribution >= 0.6 is 15.9 Å². The number of rotatable bonds is 2. The minimum absolute atomic E-state index is 0.161. The Hall–Kier alpha value is -2.52.